The van der Waals surface area contributed by atoms with Crippen LogP contribution < -0.4 is 0 Å². The van der Waals surface area contributed by atoms with Crippen molar-refractivity contribution in [3.05, 3.63) is 0 Å². The van der Waals surface area contributed by atoms with E-state index in [0.717, 1.165) is 0 Å². The lowest BCUT2D eigenvalue weighted by atomic mass is 10.5. The van der Waals surface area contributed by atoms with Crippen LogP contribution in [0.2, 0.25) is 0 Å². The van der Waals surface area contributed by atoms with E-state index in [9.17, 15) is 4.39 Å². The summed E-state index contributed by atoms with van der Waals surface area (Å²) in [6, 6.07) is 0. The van der Waals surface area contributed by atoms with E-state index in [0.29, 0.717) is 5.33 Å². The largest absolute Gasteiger partial charge is 0.243 e. The maximum Gasteiger partial charge on any atom is 0.166 e. The van der Waals surface area contributed by atoms with Gasteiger partial charge in [0.25, 0.3) is 0 Å². The van der Waals surface area contributed by atoms with Crippen molar-refractivity contribution >= 4 is 63.7 Å². The zero-order valence-electron chi connectivity index (χ0n) is 3.67. The zero-order chi connectivity index (χ0) is 6.78. The van der Waals surface area contributed by atoms with Crippen molar-refractivity contribution in [3.8, 4) is 0 Å². The van der Waals surface area contributed by atoms with Crippen LogP contribution in [0.1, 0.15) is 0 Å². The third-order valence-electron chi connectivity index (χ3n) is 0.491. The van der Waals surface area contributed by atoms with E-state index in [2.05, 4.69) is 63.7 Å². The molecule has 0 bridgehead atoms. The SMILES string of the molecule is FC(CBr)C(Br)(Br)Br. The van der Waals surface area contributed by atoms with Gasteiger partial charge in [0.05, 0.1) is 0 Å². The highest BCUT2D eigenvalue weighted by molar-refractivity contribution is 9.39. The predicted octanol–water partition coefficient (Wildman–Crippen LogP) is 3.56. The summed E-state index contributed by atoms with van der Waals surface area (Å²) in [5, 5.41) is 0.300. The minimum absolute atomic E-state index is 0.300. The van der Waals surface area contributed by atoms with Crippen LogP contribution in [0, 0.1) is 0 Å². The first kappa shape index (κ1) is 9.85. The highest BCUT2D eigenvalue weighted by Crippen LogP contribution is 2.39. The lowest BCUT2D eigenvalue weighted by Crippen LogP contribution is -2.19. The maximum atomic E-state index is 12.5. The quantitative estimate of drug-likeness (QED) is 0.613. The number of hydrogen-bond donors (Lipinski definition) is 0. The molecule has 0 radical (unpaired) electrons. The summed E-state index contributed by atoms with van der Waals surface area (Å²) in [6.07, 6.45) is -0.984. The third kappa shape index (κ3) is 3.80. The number of rotatable bonds is 1. The standard InChI is InChI=1S/C3H3Br4F/c4-1-2(8)3(5,6)7/h2H,1H2. The smallest absolute Gasteiger partial charge is 0.166 e. The zero-order valence-corrected chi connectivity index (χ0v) is 10.0. The molecule has 0 aliphatic rings. The van der Waals surface area contributed by atoms with Crippen LogP contribution >= 0.6 is 63.7 Å². The Balaban J connectivity index is 3.62. The molecule has 0 N–H and O–H groups in total. The van der Waals surface area contributed by atoms with E-state index in [1.165, 1.54) is 0 Å². The predicted molar refractivity (Wildman–Crippen MR) is 48.2 cm³/mol. The fourth-order valence-corrected chi connectivity index (χ4v) is 2.36. The van der Waals surface area contributed by atoms with Crippen LogP contribution in [0.15, 0.2) is 0 Å². The van der Waals surface area contributed by atoms with Gasteiger partial charge in [0.2, 0.25) is 0 Å². The van der Waals surface area contributed by atoms with E-state index in [1.54, 1.807) is 0 Å². The second-order valence-corrected chi connectivity index (χ2v) is 8.76. The Bertz CT molecular complexity index is 68.2. The molecule has 0 aliphatic heterocycles. The normalized spacial score (nSPS) is 16.1. The van der Waals surface area contributed by atoms with Crippen molar-refractivity contribution < 1.29 is 4.39 Å². The molecule has 8 heavy (non-hydrogen) atoms. The molecule has 0 aromatic rings. The molecular weight excluding hydrogens is 375 g/mol. The van der Waals surface area contributed by atoms with Crippen LogP contribution in [-0.2, 0) is 0 Å². The molecule has 50 valence electrons. The highest BCUT2D eigenvalue weighted by Gasteiger charge is 2.29. The molecule has 0 heterocycles. The van der Waals surface area contributed by atoms with Gasteiger partial charge in [-0.1, -0.05) is 63.7 Å². The summed E-state index contributed by atoms with van der Waals surface area (Å²) in [6.45, 7) is 0. The Morgan fingerprint density at radius 3 is 1.75 bits per heavy atom. The number of halogens is 5. The van der Waals surface area contributed by atoms with E-state index in [-0.39, 0.29) is 0 Å². The Labute approximate surface area is 81.1 Å². The van der Waals surface area contributed by atoms with Crippen molar-refractivity contribution in [1.29, 1.82) is 0 Å². The molecule has 5 heteroatoms. The Hall–Kier alpha value is 1.85. The van der Waals surface area contributed by atoms with Gasteiger partial charge in [0.1, 0.15) is 6.17 Å². The van der Waals surface area contributed by atoms with Crippen molar-refractivity contribution in [2.75, 3.05) is 5.33 Å². The molecule has 1 unspecified atom stereocenters. The van der Waals surface area contributed by atoms with E-state index in [1.807, 2.05) is 0 Å². The Kier molecular flexibility index (Phi) is 4.78. The van der Waals surface area contributed by atoms with Crippen molar-refractivity contribution in [2.24, 2.45) is 0 Å². The first-order valence-electron chi connectivity index (χ1n) is 1.75. The van der Waals surface area contributed by atoms with Gasteiger partial charge in [-0.05, 0) is 0 Å². The summed E-state index contributed by atoms with van der Waals surface area (Å²) in [5.41, 5.74) is 0. The molecule has 0 aromatic carbocycles. The van der Waals surface area contributed by atoms with Gasteiger partial charge in [-0.2, -0.15) is 0 Å². The minimum Gasteiger partial charge on any atom is -0.243 e. The fraction of sp³-hybridized carbons (Fsp3) is 1.00. The molecule has 0 aromatic heterocycles. The molecule has 0 fully saturated rings. The van der Waals surface area contributed by atoms with E-state index in [4.69, 9.17) is 0 Å². The van der Waals surface area contributed by atoms with Crippen molar-refractivity contribution in [2.45, 2.75) is 8.31 Å². The average Bonchev–Trinajstić information content (AvgIpc) is 1.62. The van der Waals surface area contributed by atoms with Crippen LogP contribution in [0.5, 0.6) is 0 Å². The lowest BCUT2D eigenvalue weighted by Gasteiger charge is -2.14. The van der Waals surface area contributed by atoms with Gasteiger partial charge in [-0.25, -0.2) is 4.39 Å². The third-order valence-corrected chi connectivity index (χ3v) is 2.55. The molecule has 0 saturated carbocycles. The second kappa shape index (κ2) is 3.88. The van der Waals surface area contributed by atoms with Crippen LogP contribution in [0.4, 0.5) is 4.39 Å². The monoisotopic (exact) mass is 374 g/mol. The molecule has 0 nitrogen and oxygen atoms in total. The average molecular weight is 378 g/mol. The van der Waals surface area contributed by atoms with E-state index < -0.39 is 8.31 Å². The lowest BCUT2D eigenvalue weighted by molar-refractivity contribution is 0.391. The van der Waals surface area contributed by atoms with E-state index >= 15 is 0 Å². The van der Waals surface area contributed by atoms with Gasteiger partial charge < -0.3 is 0 Å². The summed E-state index contributed by atoms with van der Waals surface area (Å²) in [4.78, 5) is 0. The van der Waals surface area contributed by atoms with Crippen LogP contribution in [-0.4, -0.2) is 13.6 Å². The van der Waals surface area contributed by atoms with Gasteiger partial charge in [0.15, 0.2) is 2.14 Å². The second-order valence-electron chi connectivity index (χ2n) is 1.16. The first-order chi connectivity index (χ1) is 3.48. The number of alkyl halides is 5. The van der Waals surface area contributed by atoms with Gasteiger partial charge in [0, 0.05) is 5.33 Å². The summed E-state index contributed by atoms with van der Waals surface area (Å²) < 4.78 is 11.7. The molecule has 1 atom stereocenters. The molecule has 0 aliphatic carbocycles. The Morgan fingerprint density at radius 2 is 1.75 bits per heavy atom. The summed E-state index contributed by atoms with van der Waals surface area (Å²) in [5.74, 6) is 0. The highest BCUT2D eigenvalue weighted by atomic mass is 80.0. The first-order valence-corrected chi connectivity index (χ1v) is 5.25. The van der Waals surface area contributed by atoms with Crippen molar-refractivity contribution in [1.82, 2.24) is 0 Å². The van der Waals surface area contributed by atoms with Gasteiger partial charge in [-0.15, -0.1) is 0 Å². The maximum absolute atomic E-state index is 12.5. The molecule has 0 spiro atoms. The van der Waals surface area contributed by atoms with Crippen LogP contribution in [0.25, 0.3) is 0 Å². The van der Waals surface area contributed by atoms with Gasteiger partial charge in [-0.3, -0.25) is 0 Å². The Morgan fingerprint density at radius 1 is 1.38 bits per heavy atom. The topological polar surface area (TPSA) is 0 Å². The fourth-order valence-electron chi connectivity index (χ4n) is 0.0875. The molecule has 0 amide bonds. The minimum atomic E-state index is -0.984. The number of hydrogen-bond acceptors (Lipinski definition) is 0. The van der Waals surface area contributed by atoms with Crippen LogP contribution in [0.3, 0.4) is 0 Å². The van der Waals surface area contributed by atoms with Gasteiger partial charge >= 0.3 is 0 Å². The molecule has 0 rings (SSSR count). The summed E-state index contributed by atoms with van der Waals surface area (Å²) in [7, 11) is 0. The molecule has 0 saturated heterocycles. The van der Waals surface area contributed by atoms with Crippen molar-refractivity contribution in [3.63, 3.8) is 0 Å². The summed E-state index contributed by atoms with van der Waals surface area (Å²) >= 11 is 12.1. The molecular formula is C3H3Br4F.